The van der Waals surface area contributed by atoms with Crippen molar-refractivity contribution in [2.24, 2.45) is 0 Å². The zero-order valence-corrected chi connectivity index (χ0v) is 17.7. The van der Waals surface area contributed by atoms with Crippen LogP contribution in [0.1, 0.15) is 25.2 Å². The summed E-state index contributed by atoms with van der Waals surface area (Å²) in [5, 5.41) is 6.70. The lowest BCUT2D eigenvalue weighted by molar-refractivity contribution is 0.186. The van der Waals surface area contributed by atoms with Crippen LogP contribution in [0.15, 0.2) is 21.5 Å². The molecule has 0 unspecified atom stereocenters. The first-order chi connectivity index (χ1) is 13.4. The van der Waals surface area contributed by atoms with E-state index in [1.807, 2.05) is 13.8 Å². The zero-order valence-electron chi connectivity index (χ0n) is 16.2. The van der Waals surface area contributed by atoms with Crippen molar-refractivity contribution in [2.45, 2.75) is 27.3 Å². The van der Waals surface area contributed by atoms with Gasteiger partial charge in [0.15, 0.2) is 5.52 Å². The van der Waals surface area contributed by atoms with Crippen LogP contribution in [0.5, 0.6) is 5.75 Å². The van der Waals surface area contributed by atoms with Gasteiger partial charge >= 0.3 is 6.09 Å². The van der Waals surface area contributed by atoms with Crippen LogP contribution in [0.3, 0.4) is 0 Å². The molecule has 0 atom stereocenters. The number of carbonyl (C=O) groups is 1. The molecular weight excluding hydrogens is 432 g/mol. The van der Waals surface area contributed by atoms with Gasteiger partial charge in [-0.25, -0.2) is 9.78 Å². The normalized spacial score (nSPS) is 10.2. The number of rotatable bonds is 4. The second kappa shape index (κ2) is 9.31. The predicted octanol–water partition coefficient (Wildman–Crippen LogP) is 2.85. The van der Waals surface area contributed by atoms with E-state index < -0.39 is 11.7 Å². The van der Waals surface area contributed by atoms with Crippen LogP contribution in [0, 0.1) is 6.92 Å². The fraction of sp³-hybridized carbons (Fsp3) is 0.353. The minimum Gasteiger partial charge on any atom is -0.495 e. The number of hydrogen-bond donors (Lipinski definition) is 2. The highest BCUT2D eigenvalue weighted by Gasteiger charge is 2.17. The number of nitrogens with one attached hydrogen (secondary N) is 2. The molecule has 28 heavy (non-hydrogen) atoms. The molecule has 0 aliphatic heterocycles. The first-order valence-electron chi connectivity index (χ1n) is 8.43. The molecule has 0 spiro atoms. The number of aryl methyl sites for hydroxylation is 1. The van der Waals surface area contributed by atoms with Gasteiger partial charge in [0.2, 0.25) is 5.95 Å². The average molecular weight is 453 g/mol. The number of aromatic nitrogens is 5. The van der Waals surface area contributed by atoms with Gasteiger partial charge in [0, 0.05) is 10.7 Å². The molecule has 3 heterocycles. The minimum atomic E-state index is -0.735. The summed E-state index contributed by atoms with van der Waals surface area (Å²) in [4.78, 5) is 34.9. The summed E-state index contributed by atoms with van der Waals surface area (Å²) >= 11 is 3.34. The van der Waals surface area contributed by atoms with E-state index in [0.717, 1.165) is 4.47 Å². The molecule has 0 aliphatic rings. The summed E-state index contributed by atoms with van der Waals surface area (Å²) in [7, 11) is 2.76. The van der Waals surface area contributed by atoms with Gasteiger partial charge in [-0.05, 0) is 28.9 Å². The molecule has 0 saturated heterocycles. The minimum absolute atomic E-state index is 0.0173. The summed E-state index contributed by atoms with van der Waals surface area (Å²) in [6, 6.07) is 1.78. The molecule has 0 saturated carbocycles. The summed E-state index contributed by atoms with van der Waals surface area (Å²) in [6.07, 6.45) is 0.901. The number of aromatic amines is 1. The fourth-order valence-electron chi connectivity index (χ4n) is 2.44. The van der Waals surface area contributed by atoms with E-state index in [0.29, 0.717) is 22.7 Å². The van der Waals surface area contributed by atoms with Crippen molar-refractivity contribution in [2.75, 3.05) is 19.5 Å². The summed E-state index contributed by atoms with van der Waals surface area (Å²) in [5.74, 6) is 0.547. The molecule has 0 aliphatic carbocycles. The highest BCUT2D eigenvalue weighted by Crippen LogP contribution is 2.23. The predicted molar refractivity (Wildman–Crippen MR) is 108 cm³/mol. The Morgan fingerprint density at radius 1 is 1.36 bits per heavy atom. The Kier molecular flexibility index (Phi) is 7.10. The molecular formula is C17H21BrN6O4. The van der Waals surface area contributed by atoms with Gasteiger partial charge in [0.05, 0.1) is 26.5 Å². The van der Waals surface area contributed by atoms with Crippen LogP contribution in [-0.4, -0.2) is 45.0 Å². The van der Waals surface area contributed by atoms with Crippen molar-refractivity contribution in [3.8, 4) is 5.75 Å². The Morgan fingerprint density at radius 2 is 2.07 bits per heavy atom. The number of ether oxygens (including phenoxy) is 2. The second-order valence-corrected chi connectivity index (χ2v) is 6.19. The van der Waals surface area contributed by atoms with Crippen LogP contribution in [-0.2, 0) is 11.3 Å². The van der Waals surface area contributed by atoms with E-state index in [2.05, 4.69) is 46.0 Å². The summed E-state index contributed by atoms with van der Waals surface area (Å²) in [6.45, 7) is 5.94. The lowest BCUT2D eigenvalue weighted by Crippen LogP contribution is -2.19. The van der Waals surface area contributed by atoms with E-state index in [-0.39, 0.29) is 18.0 Å². The van der Waals surface area contributed by atoms with Crippen molar-refractivity contribution in [3.05, 3.63) is 38.5 Å². The van der Waals surface area contributed by atoms with Crippen molar-refractivity contribution in [1.29, 1.82) is 0 Å². The first-order valence-corrected chi connectivity index (χ1v) is 9.23. The Morgan fingerprint density at radius 3 is 2.71 bits per heavy atom. The number of anilines is 1. The van der Waals surface area contributed by atoms with Gasteiger partial charge in [-0.1, -0.05) is 13.8 Å². The number of nitrogens with zero attached hydrogens (tertiary/aromatic N) is 4. The van der Waals surface area contributed by atoms with Gasteiger partial charge in [-0.3, -0.25) is 24.8 Å². The number of fused-ring (bicyclic) bond motifs is 1. The number of H-pyrrole nitrogens is 1. The second-order valence-electron chi connectivity index (χ2n) is 5.27. The highest BCUT2D eigenvalue weighted by atomic mass is 79.9. The number of carbonyl (C=O) groups excluding carboxylic acids is 1. The van der Waals surface area contributed by atoms with Crippen LogP contribution in [0.4, 0.5) is 10.7 Å². The van der Waals surface area contributed by atoms with Gasteiger partial charge in [-0.15, -0.1) is 0 Å². The van der Waals surface area contributed by atoms with Crippen LogP contribution in [0.25, 0.3) is 11.0 Å². The summed E-state index contributed by atoms with van der Waals surface area (Å²) in [5.41, 5.74) is 1.34. The third kappa shape index (κ3) is 4.47. The molecule has 3 aromatic heterocycles. The van der Waals surface area contributed by atoms with E-state index in [1.165, 1.54) is 11.8 Å². The first kappa shape index (κ1) is 21.4. The third-order valence-corrected chi connectivity index (χ3v) is 4.02. The summed E-state index contributed by atoms with van der Waals surface area (Å²) < 4.78 is 12.1. The molecule has 2 N–H and O–H groups in total. The number of pyridine rings is 1. The molecule has 11 heteroatoms. The van der Waals surface area contributed by atoms with Crippen molar-refractivity contribution in [3.63, 3.8) is 0 Å². The standard InChI is InChI=1S/C15H15BrN6O4.C2H6/c1-7-11-12(13(23)19-14(18-11)20-15(24)26-3)22(21-7)6-9-10(25-2)4-8(16)5-17-9;1-2/h4-5H,6H2,1-3H3,(H2,18,19,20,23,24);1-2H3. The van der Waals surface area contributed by atoms with Crippen LogP contribution < -0.4 is 15.6 Å². The molecule has 0 radical (unpaired) electrons. The molecule has 3 aromatic rings. The lowest BCUT2D eigenvalue weighted by atomic mass is 10.3. The smallest absolute Gasteiger partial charge is 0.413 e. The van der Waals surface area contributed by atoms with E-state index in [4.69, 9.17) is 4.74 Å². The fourth-order valence-corrected chi connectivity index (χ4v) is 2.76. The zero-order chi connectivity index (χ0) is 20.8. The molecule has 0 fully saturated rings. The topological polar surface area (TPSA) is 124 Å². The number of hydrogen-bond acceptors (Lipinski definition) is 7. The Hall–Kier alpha value is -2.95. The lowest BCUT2D eigenvalue weighted by Gasteiger charge is -2.08. The number of methoxy groups -OCH3 is 2. The Labute approximate surface area is 169 Å². The molecule has 0 bridgehead atoms. The maximum Gasteiger partial charge on any atom is 0.413 e. The van der Waals surface area contributed by atoms with Gasteiger partial charge in [-0.2, -0.15) is 5.10 Å². The third-order valence-electron chi connectivity index (χ3n) is 3.59. The van der Waals surface area contributed by atoms with E-state index >= 15 is 0 Å². The largest absolute Gasteiger partial charge is 0.495 e. The Bertz CT molecular complexity index is 1050. The van der Waals surface area contributed by atoms with Gasteiger partial charge < -0.3 is 9.47 Å². The number of halogens is 1. The van der Waals surface area contributed by atoms with Gasteiger partial charge in [0.1, 0.15) is 17.0 Å². The SMILES string of the molecule is CC.COC(=O)Nc1nc2c(C)nn(Cc3ncc(Br)cc3OC)c2c(=O)[nH]1. The maximum atomic E-state index is 12.5. The van der Waals surface area contributed by atoms with Gasteiger partial charge in [0.25, 0.3) is 5.56 Å². The molecule has 3 rings (SSSR count). The molecule has 150 valence electrons. The number of amides is 1. The monoisotopic (exact) mass is 452 g/mol. The quantitative estimate of drug-likeness (QED) is 0.623. The van der Waals surface area contributed by atoms with Crippen molar-refractivity contribution < 1.29 is 14.3 Å². The van der Waals surface area contributed by atoms with E-state index in [1.54, 1.807) is 26.3 Å². The molecule has 0 aromatic carbocycles. The molecule has 1 amide bonds. The van der Waals surface area contributed by atoms with Crippen LogP contribution in [0.2, 0.25) is 0 Å². The van der Waals surface area contributed by atoms with E-state index in [9.17, 15) is 9.59 Å². The average Bonchev–Trinajstić information content (AvgIpc) is 3.00. The van der Waals surface area contributed by atoms with Crippen LogP contribution >= 0.6 is 15.9 Å². The highest BCUT2D eigenvalue weighted by molar-refractivity contribution is 9.10. The van der Waals surface area contributed by atoms with Crippen molar-refractivity contribution in [1.82, 2.24) is 24.7 Å². The van der Waals surface area contributed by atoms with Crippen molar-refractivity contribution >= 4 is 39.0 Å². The molecule has 10 nitrogen and oxygen atoms in total. The maximum absolute atomic E-state index is 12.5. The Balaban J connectivity index is 0.00000136.